The highest BCUT2D eigenvalue weighted by molar-refractivity contribution is 5.91. The average molecular weight is 257 g/mol. The lowest BCUT2D eigenvalue weighted by molar-refractivity contribution is -0.384. The average Bonchev–Trinajstić information content (AvgIpc) is 2.39. The summed E-state index contributed by atoms with van der Waals surface area (Å²) < 4.78 is 5.15. The lowest BCUT2D eigenvalue weighted by Crippen LogP contribution is -2.08. The molecule has 0 bridgehead atoms. The molecule has 0 aromatic heterocycles. The number of esters is 1. The molecule has 0 amide bonds. The normalized spacial score (nSPS) is 9.95. The summed E-state index contributed by atoms with van der Waals surface area (Å²) in [7, 11) is 0. The predicted octanol–water partition coefficient (Wildman–Crippen LogP) is 3.12. The molecule has 5 nitrogen and oxygen atoms in total. The Morgan fingerprint density at radius 2 is 1.89 bits per heavy atom. The van der Waals surface area contributed by atoms with E-state index in [1.165, 1.54) is 24.3 Å². The summed E-state index contributed by atoms with van der Waals surface area (Å²) in [6, 6.07) is 12.5. The number of rotatable bonds is 3. The lowest BCUT2D eigenvalue weighted by Gasteiger charge is -2.04. The number of carbonyl (C=O) groups excluding carboxylic acids is 1. The van der Waals surface area contributed by atoms with Gasteiger partial charge in [0.15, 0.2) is 0 Å². The van der Waals surface area contributed by atoms with Crippen molar-refractivity contribution in [1.29, 1.82) is 0 Å². The van der Waals surface area contributed by atoms with Crippen LogP contribution in [0.25, 0.3) is 0 Å². The minimum atomic E-state index is -0.616. The van der Waals surface area contributed by atoms with Gasteiger partial charge in [-0.1, -0.05) is 18.2 Å². The van der Waals surface area contributed by atoms with Crippen molar-refractivity contribution < 1.29 is 14.5 Å². The molecule has 0 N–H and O–H groups in total. The fourth-order valence-corrected chi connectivity index (χ4v) is 1.59. The molecular weight excluding hydrogens is 246 g/mol. The first-order chi connectivity index (χ1) is 9.06. The van der Waals surface area contributed by atoms with Gasteiger partial charge in [-0.05, 0) is 30.7 Å². The van der Waals surface area contributed by atoms with Gasteiger partial charge in [0, 0.05) is 12.1 Å². The molecule has 0 aliphatic carbocycles. The zero-order valence-corrected chi connectivity index (χ0v) is 10.2. The molecule has 0 fully saturated rings. The van der Waals surface area contributed by atoms with E-state index in [9.17, 15) is 14.9 Å². The second-order valence-electron chi connectivity index (χ2n) is 4.01. The van der Waals surface area contributed by atoms with Crippen LogP contribution in [0.4, 0.5) is 5.69 Å². The zero-order chi connectivity index (χ0) is 13.8. The Balaban J connectivity index is 2.20. The van der Waals surface area contributed by atoms with Crippen molar-refractivity contribution in [3.05, 3.63) is 69.8 Å². The molecule has 0 aliphatic rings. The largest absolute Gasteiger partial charge is 0.423 e. The molecule has 0 spiro atoms. The zero-order valence-electron chi connectivity index (χ0n) is 10.2. The van der Waals surface area contributed by atoms with Gasteiger partial charge in [0.2, 0.25) is 0 Å². The summed E-state index contributed by atoms with van der Waals surface area (Å²) in [5.74, 6) is -0.203. The summed E-state index contributed by atoms with van der Waals surface area (Å²) in [5, 5.41) is 10.6. The predicted molar refractivity (Wildman–Crippen MR) is 69.2 cm³/mol. The molecule has 2 rings (SSSR count). The first-order valence-corrected chi connectivity index (χ1v) is 5.59. The highest BCUT2D eigenvalue weighted by atomic mass is 16.6. The van der Waals surface area contributed by atoms with Gasteiger partial charge < -0.3 is 4.74 Å². The van der Waals surface area contributed by atoms with Gasteiger partial charge in [-0.25, -0.2) is 4.79 Å². The van der Waals surface area contributed by atoms with E-state index in [2.05, 4.69) is 0 Å². The molecule has 2 aromatic carbocycles. The van der Waals surface area contributed by atoms with E-state index in [1.54, 1.807) is 18.2 Å². The van der Waals surface area contributed by atoms with Crippen molar-refractivity contribution >= 4 is 11.7 Å². The van der Waals surface area contributed by atoms with E-state index in [0.717, 1.165) is 5.56 Å². The SMILES string of the molecule is Cc1cccc(OC(=O)c2cccc([N+](=O)[O-])c2)c1. The molecule has 5 heteroatoms. The highest BCUT2D eigenvalue weighted by Crippen LogP contribution is 2.17. The Bertz CT molecular complexity index is 637. The number of ether oxygens (including phenoxy) is 1. The molecule has 0 aliphatic heterocycles. The molecule has 0 unspecified atom stereocenters. The number of nitrogens with zero attached hydrogens (tertiary/aromatic N) is 1. The Morgan fingerprint density at radius 3 is 2.58 bits per heavy atom. The van der Waals surface area contributed by atoms with Crippen molar-refractivity contribution in [2.45, 2.75) is 6.92 Å². The van der Waals surface area contributed by atoms with Crippen LogP contribution in [0.2, 0.25) is 0 Å². The van der Waals surface area contributed by atoms with Crippen molar-refractivity contribution in [2.75, 3.05) is 0 Å². The Labute approximate surface area is 109 Å². The maximum absolute atomic E-state index is 11.9. The maximum Gasteiger partial charge on any atom is 0.343 e. The fraction of sp³-hybridized carbons (Fsp3) is 0.0714. The van der Waals surface area contributed by atoms with Crippen molar-refractivity contribution in [2.24, 2.45) is 0 Å². The second-order valence-corrected chi connectivity index (χ2v) is 4.01. The van der Waals surface area contributed by atoms with E-state index >= 15 is 0 Å². The molecule has 2 aromatic rings. The third-order valence-electron chi connectivity index (χ3n) is 2.49. The number of carbonyl (C=O) groups is 1. The van der Waals surface area contributed by atoms with Gasteiger partial charge in [0.05, 0.1) is 10.5 Å². The van der Waals surface area contributed by atoms with Crippen LogP contribution in [0.1, 0.15) is 15.9 Å². The van der Waals surface area contributed by atoms with Crippen LogP contribution in [0, 0.1) is 17.0 Å². The van der Waals surface area contributed by atoms with E-state index in [-0.39, 0.29) is 11.3 Å². The number of non-ortho nitro benzene ring substituents is 1. The smallest absolute Gasteiger partial charge is 0.343 e. The van der Waals surface area contributed by atoms with E-state index in [0.29, 0.717) is 5.75 Å². The third-order valence-corrected chi connectivity index (χ3v) is 2.49. The number of aryl methyl sites for hydroxylation is 1. The summed E-state index contributed by atoms with van der Waals surface area (Å²) in [6.07, 6.45) is 0. The minimum Gasteiger partial charge on any atom is -0.423 e. The minimum absolute atomic E-state index is 0.140. The number of nitro groups is 1. The van der Waals surface area contributed by atoms with Gasteiger partial charge in [-0.3, -0.25) is 10.1 Å². The van der Waals surface area contributed by atoms with E-state index in [4.69, 9.17) is 4.74 Å². The third kappa shape index (κ3) is 3.16. The molecular formula is C14H11NO4. The van der Waals surface area contributed by atoms with Crippen LogP contribution in [0.5, 0.6) is 5.75 Å². The monoisotopic (exact) mass is 257 g/mol. The highest BCUT2D eigenvalue weighted by Gasteiger charge is 2.13. The topological polar surface area (TPSA) is 69.4 Å². The number of benzene rings is 2. The molecule has 0 radical (unpaired) electrons. The van der Waals surface area contributed by atoms with Gasteiger partial charge in [-0.15, -0.1) is 0 Å². The van der Waals surface area contributed by atoms with Gasteiger partial charge in [-0.2, -0.15) is 0 Å². The summed E-state index contributed by atoms with van der Waals surface area (Å²) in [5.41, 5.74) is 0.971. The first-order valence-electron chi connectivity index (χ1n) is 5.59. The number of nitro benzene ring substituents is 1. The van der Waals surface area contributed by atoms with Gasteiger partial charge in [0.1, 0.15) is 5.75 Å². The molecule has 0 heterocycles. The summed E-state index contributed by atoms with van der Waals surface area (Å²) >= 11 is 0. The van der Waals surface area contributed by atoms with Crippen LogP contribution < -0.4 is 4.74 Å². The first kappa shape index (κ1) is 12.8. The molecule has 0 saturated heterocycles. The second kappa shape index (κ2) is 5.30. The summed E-state index contributed by atoms with van der Waals surface area (Å²) in [6.45, 7) is 1.88. The van der Waals surface area contributed by atoms with Crippen molar-refractivity contribution in [1.82, 2.24) is 0 Å². The van der Waals surface area contributed by atoms with E-state index in [1.807, 2.05) is 13.0 Å². The van der Waals surface area contributed by atoms with Crippen molar-refractivity contribution in [3.63, 3.8) is 0 Å². The van der Waals surface area contributed by atoms with Crippen LogP contribution in [-0.2, 0) is 0 Å². The quantitative estimate of drug-likeness (QED) is 0.366. The number of hydrogen-bond acceptors (Lipinski definition) is 4. The fourth-order valence-electron chi connectivity index (χ4n) is 1.59. The van der Waals surface area contributed by atoms with Gasteiger partial charge in [0.25, 0.3) is 5.69 Å². The summed E-state index contributed by atoms with van der Waals surface area (Å²) in [4.78, 5) is 21.9. The van der Waals surface area contributed by atoms with Crippen LogP contribution in [0.15, 0.2) is 48.5 Å². The standard InChI is InChI=1S/C14H11NO4/c1-10-4-2-7-13(8-10)19-14(16)11-5-3-6-12(9-11)15(17)18/h2-9H,1H3. The van der Waals surface area contributed by atoms with E-state index < -0.39 is 10.9 Å². The van der Waals surface area contributed by atoms with Gasteiger partial charge >= 0.3 is 5.97 Å². The van der Waals surface area contributed by atoms with Crippen molar-refractivity contribution in [3.8, 4) is 5.75 Å². The Morgan fingerprint density at radius 1 is 1.16 bits per heavy atom. The molecule has 0 atom stereocenters. The van der Waals surface area contributed by atoms with Crippen LogP contribution in [-0.4, -0.2) is 10.9 Å². The Kier molecular flexibility index (Phi) is 3.56. The molecule has 19 heavy (non-hydrogen) atoms. The molecule has 96 valence electrons. The van der Waals surface area contributed by atoms with Crippen LogP contribution >= 0.6 is 0 Å². The Hall–Kier alpha value is -2.69. The maximum atomic E-state index is 11.9. The lowest BCUT2D eigenvalue weighted by atomic mass is 10.2. The number of hydrogen-bond donors (Lipinski definition) is 0. The molecule has 0 saturated carbocycles. The van der Waals surface area contributed by atoms with Crippen LogP contribution in [0.3, 0.4) is 0 Å².